The first kappa shape index (κ1) is 18.6. The predicted octanol–water partition coefficient (Wildman–Crippen LogP) is 2.93. The zero-order chi connectivity index (χ0) is 19.1. The maximum atomic E-state index is 11.9. The highest BCUT2D eigenvalue weighted by atomic mass is 16.5. The van der Waals surface area contributed by atoms with Crippen LogP contribution in [0.15, 0.2) is 54.6 Å². The molecule has 6 nitrogen and oxygen atoms in total. The molecule has 3 rings (SSSR count). The Balaban J connectivity index is 1.39. The van der Waals surface area contributed by atoms with Crippen LogP contribution < -0.4 is 15.0 Å². The Kier molecular flexibility index (Phi) is 6.20. The average Bonchev–Trinajstić information content (AvgIpc) is 3.12. The van der Waals surface area contributed by atoms with E-state index in [9.17, 15) is 14.4 Å². The Bertz CT molecular complexity index is 803. The SMILES string of the molecule is O=C(CCCNC(=O)c1ccccc1)Oc1ccc(N2CCCC2=O)cc1. The number of nitrogens with zero attached hydrogens (tertiary/aromatic N) is 1. The first-order chi connectivity index (χ1) is 13.1. The van der Waals surface area contributed by atoms with Crippen LogP contribution in [0.3, 0.4) is 0 Å². The van der Waals surface area contributed by atoms with Crippen molar-refractivity contribution in [3.8, 4) is 5.75 Å². The van der Waals surface area contributed by atoms with Gasteiger partial charge in [0, 0.05) is 37.2 Å². The fourth-order valence-electron chi connectivity index (χ4n) is 2.92. The minimum atomic E-state index is -0.353. The van der Waals surface area contributed by atoms with Gasteiger partial charge in [-0.15, -0.1) is 0 Å². The van der Waals surface area contributed by atoms with Gasteiger partial charge in [-0.2, -0.15) is 0 Å². The molecule has 1 fully saturated rings. The monoisotopic (exact) mass is 366 g/mol. The molecule has 2 aromatic rings. The predicted molar refractivity (Wildman–Crippen MR) is 102 cm³/mol. The fourth-order valence-corrected chi connectivity index (χ4v) is 2.92. The molecule has 0 aliphatic carbocycles. The van der Waals surface area contributed by atoms with Crippen LogP contribution >= 0.6 is 0 Å². The summed E-state index contributed by atoms with van der Waals surface area (Å²) in [5, 5.41) is 2.78. The van der Waals surface area contributed by atoms with Crippen LogP contribution in [0.25, 0.3) is 0 Å². The summed E-state index contributed by atoms with van der Waals surface area (Å²) in [5.74, 6) is 0.0611. The number of carbonyl (C=O) groups excluding carboxylic acids is 3. The number of hydrogen-bond donors (Lipinski definition) is 1. The Morgan fingerprint density at radius 2 is 1.78 bits per heavy atom. The minimum Gasteiger partial charge on any atom is -0.427 e. The first-order valence-corrected chi connectivity index (χ1v) is 9.08. The second-order valence-electron chi connectivity index (χ2n) is 6.34. The van der Waals surface area contributed by atoms with Crippen molar-refractivity contribution in [1.29, 1.82) is 0 Å². The van der Waals surface area contributed by atoms with E-state index in [1.54, 1.807) is 53.4 Å². The van der Waals surface area contributed by atoms with Gasteiger partial charge >= 0.3 is 5.97 Å². The lowest BCUT2D eigenvalue weighted by molar-refractivity contribution is -0.134. The number of esters is 1. The van der Waals surface area contributed by atoms with E-state index in [1.165, 1.54) is 0 Å². The lowest BCUT2D eigenvalue weighted by Gasteiger charge is -2.15. The number of rotatable bonds is 7. The van der Waals surface area contributed by atoms with Crippen LogP contribution in [0.2, 0.25) is 0 Å². The van der Waals surface area contributed by atoms with Crippen molar-refractivity contribution in [2.75, 3.05) is 18.0 Å². The van der Waals surface area contributed by atoms with E-state index < -0.39 is 0 Å². The number of nitrogens with one attached hydrogen (secondary N) is 1. The molecule has 140 valence electrons. The molecule has 0 bridgehead atoms. The smallest absolute Gasteiger partial charge is 0.311 e. The second-order valence-corrected chi connectivity index (χ2v) is 6.34. The van der Waals surface area contributed by atoms with E-state index in [0.29, 0.717) is 30.7 Å². The van der Waals surface area contributed by atoms with Crippen molar-refractivity contribution in [3.05, 3.63) is 60.2 Å². The van der Waals surface area contributed by atoms with E-state index in [1.807, 2.05) is 6.07 Å². The zero-order valence-corrected chi connectivity index (χ0v) is 15.0. The van der Waals surface area contributed by atoms with Crippen molar-refractivity contribution in [2.24, 2.45) is 0 Å². The summed E-state index contributed by atoms with van der Waals surface area (Å²) in [6.07, 6.45) is 2.16. The van der Waals surface area contributed by atoms with Crippen molar-refractivity contribution in [3.63, 3.8) is 0 Å². The van der Waals surface area contributed by atoms with Gasteiger partial charge in [-0.1, -0.05) is 18.2 Å². The number of ether oxygens (including phenoxy) is 1. The van der Waals surface area contributed by atoms with Gasteiger partial charge in [-0.3, -0.25) is 14.4 Å². The maximum Gasteiger partial charge on any atom is 0.311 e. The standard InChI is InChI=1S/C21H22N2O4/c24-19-8-5-15-23(19)17-10-12-18(13-11-17)27-20(25)9-4-14-22-21(26)16-6-2-1-3-7-16/h1-3,6-7,10-13H,4-5,8-9,14-15H2,(H,22,26). The van der Waals surface area contributed by atoms with Gasteiger partial charge in [0.05, 0.1) is 0 Å². The number of carbonyl (C=O) groups is 3. The zero-order valence-electron chi connectivity index (χ0n) is 15.0. The van der Waals surface area contributed by atoms with Gasteiger partial charge < -0.3 is 15.0 Å². The summed E-state index contributed by atoms with van der Waals surface area (Å²) in [4.78, 5) is 37.3. The summed E-state index contributed by atoms with van der Waals surface area (Å²) in [6.45, 7) is 1.13. The van der Waals surface area contributed by atoms with Gasteiger partial charge in [-0.25, -0.2) is 0 Å². The highest BCUT2D eigenvalue weighted by molar-refractivity contribution is 5.95. The maximum absolute atomic E-state index is 11.9. The molecule has 0 saturated carbocycles. The van der Waals surface area contributed by atoms with Crippen LogP contribution in [0.1, 0.15) is 36.0 Å². The molecule has 0 unspecified atom stereocenters. The molecule has 0 aromatic heterocycles. The van der Waals surface area contributed by atoms with E-state index >= 15 is 0 Å². The molecule has 2 aromatic carbocycles. The van der Waals surface area contributed by atoms with Crippen molar-refractivity contribution in [2.45, 2.75) is 25.7 Å². The molecule has 1 aliphatic heterocycles. The molecule has 6 heteroatoms. The molecule has 0 radical (unpaired) electrons. The Morgan fingerprint density at radius 1 is 1.04 bits per heavy atom. The molecule has 1 saturated heterocycles. The van der Waals surface area contributed by atoms with Crippen LogP contribution in [0.5, 0.6) is 5.75 Å². The normalized spacial score (nSPS) is 13.5. The molecule has 0 spiro atoms. The molecule has 2 amide bonds. The fraction of sp³-hybridized carbons (Fsp3) is 0.286. The van der Waals surface area contributed by atoms with E-state index in [4.69, 9.17) is 4.74 Å². The number of hydrogen-bond acceptors (Lipinski definition) is 4. The summed E-state index contributed by atoms with van der Waals surface area (Å²) in [7, 11) is 0. The number of amides is 2. The van der Waals surface area contributed by atoms with Crippen molar-refractivity contribution < 1.29 is 19.1 Å². The molecular formula is C21H22N2O4. The highest BCUT2D eigenvalue weighted by Crippen LogP contribution is 2.24. The van der Waals surface area contributed by atoms with Gasteiger partial charge in [-0.05, 0) is 49.2 Å². The van der Waals surface area contributed by atoms with Gasteiger partial charge in [0.25, 0.3) is 5.91 Å². The Labute approximate surface area is 158 Å². The third kappa shape index (κ3) is 5.17. The highest BCUT2D eigenvalue weighted by Gasteiger charge is 2.21. The Hall–Kier alpha value is -3.15. The molecule has 27 heavy (non-hydrogen) atoms. The van der Waals surface area contributed by atoms with Crippen LogP contribution in [-0.2, 0) is 9.59 Å². The van der Waals surface area contributed by atoms with Crippen LogP contribution in [0.4, 0.5) is 5.69 Å². The summed E-state index contributed by atoms with van der Waals surface area (Å²) in [6, 6.07) is 15.9. The van der Waals surface area contributed by atoms with E-state index in [-0.39, 0.29) is 24.2 Å². The third-order valence-corrected chi connectivity index (χ3v) is 4.33. The lowest BCUT2D eigenvalue weighted by atomic mass is 10.2. The van der Waals surface area contributed by atoms with Crippen LogP contribution in [0, 0.1) is 0 Å². The molecule has 0 atom stereocenters. The average molecular weight is 366 g/mol. The second kappa shape index (κ2) is 8.98. The topological polar surface area (TPSA) is 75.7 Å². The van der Waals surface area contributed by atoms with E-state index in [0.717, 1.165) is 18.7 Å². The van der Waals surface area contributed by atoms with Crippen molar-refractivity contribution >= 4 is 23.5 Å². The lowest BCUT2D eigenvalue weighted by Crippen LogP contribution is -2.25. The van der Waals surface area contributed by atoms with Crippen molar-refractivity contribution in [1.82, 2.24) is 5.32 Å². The number of anilines is 1. The molecule has 1 heterocycles. The summed E-state index contributed by atoms with van der Waals surface area (Å²) >= 11 is 0. The third-order valence-electron chi connectivity index (χ3n) is 4.33. The van der Waals surface area contributed by atoms with Gasteiger partial charge in [0.15, 0.2) is 0 Å². The number of benzene rings is 2. The van der Waals surface area contributed by atoms with Crippen LogP contribution in [-0.4, -0.2) is 30.9 Å². The Morgan fingerprint density at radius 3 is 2.44 bits per heavy atom. The summed E-state index contributed by atoms with van der Waals surface area (Å²) < 4.78 is 5.30. The first-order valence-electron chi connectivity index (χ1n) is 9.08. The quantitative estimate of drug-likeness (QED) is 0.464. The van der Waals surface area contributed by atoms with Gasteiger partial charge in [0.2, 0.25) is 5.91 Å². The van der Waals surface area contributed by atoms with E-state index in [2.05, 4.69) is 5.32 Å². The summed E-state index contributed by atoms with van der Waals surface area (Å²) in [5.41, 5.74) is 1.41. The molecular weight excluding hydrogens is 344 g/mol. The molecule has 1 N–H and O–H groups in total. The van der Waals surface area contributed by atoms with Gasteiger partial charge in [0.1, 0.15) is 5.75 Å². The molecule has 1 aliphatic rings. The minimum absolute atomic E-state index is 0.122. The largest absolute Gasteiger partial charge is 0.427 e.